The second kappa shape index (κ2) is 11.1. The van der Waals surface area contributed by atoms with Crippen LogP contribution in [0.5, 0.6) is 0 Å². The molecule has 88 valence electrons. The van der Waals surface area contributed by atoms with Gasteiger partial charge in [-0.1, -0.05) is 40.9 Å². The van der Waals surface area contributed by atoms with Crippen LogP contribution in [-0.2, 0) is 0 Å². The fourth-order valence-electron chi connectivity index (χ4n) is 1.46. The van der Waals surface area contributed by atoms with Gasteiger partial charge in [0.1, 0.15) is 0 Å². The highest BCUT2D eigenvalue weighted by Crippen LogP contribution is 2.22. The van der Waals surface area contributed by atoms with Gasteiger partial charge in [0.15, 0.2) is 0 Å². The van der Waals surface area contributed by atoms with Crippen molar-refractivity contribution in [3.05, 3.63) is 30.2 Å². The van der Waals surface area contributed by atoms with Crippen LogP contribution < -0.4 is 0 Å². The van der Waals surface area contributed by atoms with Gasteiger partial charge in [-0.2, -0.15) is 0 Å². The Labute approximate surface area is 96.2 Å². The van der Waals surface area contributed by atoms with E-state index in [0.717, 1.165) is 25.2 Å². The highest BCUT2D eigenvalue weighted by Gasteiger charge is 2.14. The van der Waals surface area contributed by atoms with E-state index in [0.29, 0.717) is 0 Å². The Kier molecular flexibility index (Phi) is 12.2. The van der Waals surface area contributed by atoms with Gasteiger partial charge < -0.3 is 4.90 Å². The summed E-state index contributed by atoms with van der Waals surface area (Å²) in [5, 5.41) is 0. The van der Waals surface area contributed by atoms with Crippen molar-refractivity contribution in [3.63, 3.8) is 0 Å². The third kappa shape index (κ3) is 5.49. The molecule has 0 aromatic carbocycles. The van der Waals surface area contributed by atoms with Crippen LogP contribution in [0.4, 0.5) is 0 Å². The van der Waals surface area contributed by atoms with Crippen molar-refractivity contribution in [2.24, 2.45) is 0 Å². The molecule has 0 unspecified atom stereocenters. The van der Waals surface area contributed by atoms with E-state index in [1.54, 1.807) is 0 Å². The number of rotatable bonds is 1. The van der Waals surface area contributed by atoms with E-state index in [4.69, 9.17) is 0 Å². The van der Waals surface area contributed by atoms with Crippen LogP contribution >= 0.6 is 0 Å². The van der Waals surface area contributed by atoms with Crippen LogP contribution in [0, 0.1) is 0 Å². The lowest BCUT2D eigenvalue weighted by Gasteiger charge is -2.30. The zero-order valence-corrected chi connectivity index (χ0v) is 11.2. The molecule has 0 aromatic rings. The average Bonchev–Trinajstić information content (AvgIpc) is 2.34. The first-order valence-electron chi connectivity index (χ1n) is 6.12. The summed E-state index contributed by atoms with van der Waals surface area (Å²) >= 11 is 0. The van der Waals surface area contributed by atoms with Crippen molar-refractivity contribution in [3.8, 4) is 0 Å². The molecular weight excluding hydrogens is 182 g/mol. The Morgan fingerprint density at radius 1 is 1.27 bits per heavy atom. The lowest BCUT2D eigenvalue weighted by molar-refractivity contribution is 0.338. The van der Waals surface area contributed by atoms with E-state index < -0.39 is 0 Å². The zero-order valence-electron chi connectivity index (χ0n) is 11.2. The molecule has 15 heavy (non-hydrogen) atoms. The molecule has 0 bridgehead atoms. The summed E-state index contributed by atoms with van der Waals surface area (Å²) in [6.07, 6.45) is 2.31. The minimum absolute atomic E-state index is 1.05. The van der Waals surface area contributed by atoms with Crippen molar-refractivity contribution in [1.82, 2.24) is 4.90 Å². The predicted octanol–water partition coefficient (Wildman–Crippen LogP) is 4.38. The highest BCUT2D eigenvalue weighted by molar-refractivity contribution is 5.27. The first kappa shape index (κ1) is 16.5. The minimum atomic E-state index is 1.05. The second-order valence-electron chi connectivity index (χ2n) is 2.79. The standard InChI is InChI=1S/C10H15N.2C2H6/c1-4-10-7-6-8-11(5-2)9(10)3;2*1-2/h1,3,5-8H2,2H3;2*1-2H3. The van der Waals surface area contributed by atoms with Crippen LogP contribution in [0.3, 0.4) is 0 Å². The summed E-state index contributed by atoms with van der Waals surface area (Å²) in [5.41, 5.74) is 5.26. The maximum atomic E-state index is 4.01. The van der Waals surface area contributed by atoms with E-state index in [-0.39, 0.29) is 0 Å². The van der Waals surface area contributed by atoms with E-state index >= 15 is 0 Å². The van der Waals surface area contributed by atoms with Crippen molar-refractivity contribution in [2.45, 2.75) is 47.5 Å². The van der Waals surface area contributed by atoms with E-state index in [9.17, 15) is 0 Å². The predicted molar refractivity (Wildman–Crippen MR) is 71.0 cm³/mol. The van der Waals surface area contributed by atoms with Crippen molar-refractivity contribution >= 4 is 0 Å². The van der Waals surface area contributed by atoms with Gasteiger partial charge in [0.2, 0.25) is 0 Å². The molecule has 1 rings (SSSR count). The largest absolute Gasteiger partial charge is 0.372 e. The third-order valence-electron chi connectivity index (χ3n) is 2.18. The molecule has 1 heterocycles. The summed E-state index contributed by atoms with van der Waals surface area (Å²) in [4.78, 5) is 2.27. The molecule has 1 aliphatic rings. The summed E-state index contributed by atoms with van der Waals surface area (Å²) in [6, 6.07) is 0. The molecule has 0 atom stereocenters. The molecule has 0 aromatic heterocycles. The lowest BCUT2D eigenvalue weighted by atomic mass is 10.0. The SMILES string of the molecule is C=C=C1CCCN(CC)C1=C.CC.CC. The van der Waals surface area contributed by atoms with E-state index in [1.807, 2.05) is 27.7 Å². The van der Waals surface area contributed by atoms with Gasteiger partial charge in [-0.25, -0.2) is 0 Å². The second-order valence-corrected chi connectivity index (χ2v) is 2.79. The van der Waals surface area contributed by atoms with Gasteiger partial charge in [-0.05, 0) is 19.8 Å². The minimum Gasteiger partial charge on any atom is -0.372 e. The van der Waals surface area contributed by atoms with Crippen LogP contribution in [0.2, 0.25) is 0 Å². The van der Waals surface area contributed by atoms with Crippen molar-refractivity contribution < 1.29 is 0 Å². The molecule has 1 aliphatic heterocycles. The van der Waals surface area contributed by atoms with Crippen LogP contribution in [0.15, 0.2) is 30.2 Å². The molecule has 1 saturated heterocycles. The number of nitrogens with zero attached hydrogens (tertiary/aromatic N) is 1. The maximum Gasteiger partial charge on any atom is 0.0403 e. The van der Waals surface area contributed by atoms with Gasteiger partial charge in [0, 0.05) is 24.4 Å². The summed E-state index contributed by atoms with van der Waals surface area (Å²) in [5.74, 6) is 0. The monoisotopic (exact) mass is 209 g/mol. The summed E-state index contributed by atoms with van der Waals surface area (Å²) in [7, 11) is 0. The van der Waals surface area contributed by atoms with E-state index in [2.05, 4.69) is 30.7 Å². The molecule has 1 heteroatoms. The quantitative estimate of drug-likeness (QED) is 0.579. The lowest BCUT2D eigenvalue weighted by Crippen LogP contribution is -2.28. The van der Waals surface area contributed by atoms with Crippen molar-refractivity contribution in [1.29, 1.82) is 0 Å². The molecule has 0 saturated carbocycles. The summed E-state index contributed by atoms with van der Waals surface area (Å²) < 4.78 is 0. The number of allylic oxidation sites excluding steroid dienone is 1. The van der Waals surface area contributed by atoms with Crippen LogP contribution in [0.25, 0.3) is 0 Å². The molecular formula is C14H27N. The third-order valence-corrected chi connectivity index (χ3v) is 2.18. The maximum absolute atomic E-state index is 4.01. The number of hydrogen-bond acceptors (Lipinski definition) is 1. The normalized spacial score (nSPS) is 14.3. The zero-order chi connectivity index (χ0) is 12.3. The number of likely N-dealkylation sites (N-methyl/N-ethyl adjacent to an activating group) is 1. The van der Waals surface area contributed by atoms with Gasteiger partial charge >= 0.3 is 0 Å². The topological polar surface area (TPSA) is 3.24 Å². The Hall–Kier alpha value is -0.940. The molecule has 1 fully saturated rings. The Morgan fingerprint density at radius 2 is 1.80 bits per heavy atom. The smallest absolute Gasteiger partial charge is 0.0403 e. The first-order valence-corrected chi connectivity index (χ1v) is 6.12. The molecule has 0 radical (unpaired) electrons. The van der Waals surface area contributed by atoms with Gasteiger partial charge in [0.05, 0.1) is 0 Å². The van der Waals surface area contributed by atoms with Crippen LogP contribution in [0.1, 0.15) is 47.5 Å². The fourth-order valence-corrected chi connectivity index (χ4v) is 1.46. The molecule has 1 nitrogen and oxygen atoms in total. The van der Waals surface area contributed by atoms with Gasteiger partial charge in [-0.15, -0.1) is 5.73 Å². The molecule has 0 aliphatic carbocycles. The van der Waals surface area contributed by atoms with E-state index in [1.165, 1.54) is 12.0 Å². The van der Waals surface area contributed by atoms with Crippen LogP contribution in [-0.4, -0.2) is 18.0 Å². The average molecular weight is 209 g/mol. The first-order chi connectivity index (χ1) is 7.29. The fraction of sp³-hybridized carbons (Fsp3) is 0.643. The Bertz CT molecular complexity index is 209. The summed E-state index contributed by atoms with van der Waals surface area (Å²) in [6.45, 7) is 20.0. The van der Waals surface area contributed by atoms with Gasteiger partial charge in [0.25, 0.3) is 0 Å². The number of piperidine rings is 1. The van der Waals surface area contributed by atoms with Crippen molar-refractivity contribution in [2.75, 3.05) is 13.1 Å². The Morgan fingerprint density at radius 3 is 2.20 bits per heavy atom. The molecule has 0 amide bonds. The molecule has 0 N–H and O–H groups in total. The molecule has 0 spiro atoms. The Balaban J connectivity index is 0. The number of likely N-dealkylation sites (tertiary alicyclic amines) is 1. The highest BCUT2D eigenvalue weighted by atomic mass is 15.1. The van der Waals surface area contributed by atoms with Gasteiger partial charge in [-0.3, -0.25) is 0 Å². The number of hydrogen-bond donors (Lipinski definition) is 0.